The summed E-state index contributed by atoms with van der Waals surface area (Å²) in [4.78, 5) is 19.1. The van der Waals surface area contributed by atoms with E-state index in [1.165, 1.54) is 18.4 Å². The molecule has 1 saturated carbocycles. The highest BCUT2D eigenvalue weighted by molar-refractivity contribution is 14.0. The van der Waals surface area contributed by atoms with Gasteiger partial charge in [0.15, 0.2) is 5.96 Å². The third-order valence-corrected chi connectivity index (χ3v) is 6.24. The largest absolute Gasteiger partial charge is 0.357 e. The van der Waals surface area contributed by atoms with Gasteiger partial charge in [-0.3, -0.25) is 9.79 Å². The lowest BCUT2D eigenvalue weighted by Crippen LogP contribution is -2.46. The average Bonchev–Trinajstić information content (AvgIpc) is 3.36. The molecule has 0 bridgehead atoms. The summed E-state index contributed by atoms with van der Waals surface area (Å²) >= 11 is 0. The summed E-state index contributed by atoms with van der Waals surface area (Å²) < 4.78 is 13.4. The average molecular weight is 530 g/mol. The third-order valence-electron chi connectivity index (χ3n) is 6.24. The number of carbonyl (C=O) groups excluding carboxylic acids is 1. The first-order valence-electron chi connectivity index (χ1n) is 11.0. The van der Waals surface area contributed by atoms with Crippen LogP contribution < -0.4 is 10.6 Å². The van der Waals surface area contributed by atoms with Gasteiger partial charge in [-0.2, -0.15) is 0 Å². The van der Waals surface area contributed by atoms with Gasteiger partial charge in [0.2, 0.25) is 5.91 Å². The fourth-order valence-corrected chi connectivity index (χ4v) is 4.58. The molecule has 1 aromatic rings. The Morgan fingerprint density at radius 2 is 1.93 bits per heavy atom. The molecule has 2 aliphatic rings. The minimum absolute atomic E-state index is 0. The van der Waals surface area contributed by atoms with Gasteiger partial charge in [0.25, 0.3) is 0 Å². The smallest absolute Gasteiger partial charge is 0.225 e. The van der Waals surface area contributed by atoms with Crippen LogP contribution in [0.5, 0.6) is 0 Å². The molecular weight excluding hydrogens is 494 g/mol. The first kappa shape index (κ1) is 24.9. The van der Waals surface area contributed by atoms with E-state index in [1.807, 2.05) is 30.9 Å². The molecule has 1 aromatic carbocycles. The highest BCUT2D eigenvalue weighted by atomic mass is 127. The van der Waals surface area contributed by atoms with E-state index in [4.69, 9.17) is 4.99 Å². The van der Waals surface area contributed by atoms with Crippen molar-refractivity contribution in [3.63, 3.8) is 0 Å². The van der Waals surface area contributed by atoms with Crippen LogP contribution in [-0.4, -0.2) is 49.0 Å². The molecular formula is C23H36FIN4O. The minimum atomic E-state index is -0.192. The molecule has 0 aromatic heterocycles. The van der Waals surface area contributed by atoms with Crippen LogP contribution in [0.15, 0.2) is 29.3 Å². The van der Waals surface area contributed by atoms with Crippen molar-refractivity contribution in [2.24, 2.45) is 10.9 Å². The normalized spacial score (nSPS) is 20.9. The van der Waals surface area contributed by atoms with E-state index >= 15 is 0 Å². The molecule has 5 nitrogen and oxygen atoms in total. The number of amides is 1. The number of nitrogens with zero attached hydrogens (tertiary/aromatic N) is 2. The summed E-state index contributed by atoms with van der Waals surface area (Å²) in [5.74, 6) is 0.873. The van der Waals surface area contributed by atoms with Gasteiger partial charge in [0, 0.05) is 37.0 Å². The van der Waals surface area contributed by atoms with Gasteiger partial charge in [-0.15, -0.1) is 24.0 Å². The fraction of sp³-hybridized carbons (Fsp3) is 0.652. The van der Waals surface area contributed by atoms with Gasteiger partial charge < -0.3 is 15.5 Å². The van der Waals surface area contributed by atoms with Crippen LogP contribution in [0.2, 0.25) is 0 Å². The van der Waals surface area contributed by atoms with E-state index in [0.717, 1.165) is 44.9 Å². The molecule has 1 atom stereocenters. The summed E-state index contributed by atoms with van der Waals surface area (Å²) in [7, 11) is 0. The van der Waals surface area contributed by atoms with E-state index in [9.17, 15) is 9.18 Å². The number of carbonyl (C=O) groups is 1. The standard InChI is InChI=1S/C23H35FN4O.HI/c1-4-25-22(27-20-11-14-28(15-20)21(29)17(2)3)26-16-23(12-5-6-13-23)18-7-9-19(24)10-8-18;/h7-10,17,20H,4-6,11-16H2,1-3H3,(H2,25,26,27);1H. The van der Waals surface area contributed by atoms with Crippen LogP contribution in [0, 0.1) is 11.7 Å². The maximum Gasteiger partial charge on any atom is 0.225 e. The second kappa shape index (κ2) is 11.3. The van der Waals surface area contributed by atoms with Crippen molar-refractivity contribution >= 4 is 35.8 Å². The first-order valence-corrected chi connectivity index (χ1v) is 11.0. The molecule has 1 unspecified atom stereocenters. The van der Waals surface area contributed by atoms with Gasteiger partial charge in [-0.05, 0) is 43.9 Å². The highest BCUT2D eigenvalue weighted by Gasteiger charge is 2.36. The zero-order valence-electron chi connectivity index (χ0n) is 18.4. The van der Waals surface area contributed by atoms with E-state index in [1.54, 1.807) is 12.1 Å². The number of hydrogen-bond donors (Lipinski definition) is 2. The van der Waals surface area contributed by atoms with Crippen molar-refractivity contribution in [2.45, 2.75) is 64.3 Å². The highest BCUT2D eigenvalue weighted by Crippen LogP contribution is 2.41. The number of rotatable bonds is 6. The monoisotopic (exact) mass is 530 g/mol. The van der Waals surface area contributed by atoms with Crippen molar-refractivity contribution in [1.29, 1.82) is 0 Å². The number of guanidine groups is 1. The third kappa shape index (κ3) is 6.08. The summed E-state index contributed by atoms with van der Waals surface area (Å²) in [6, 6.07) is 7.18. The van der Waals surface area contributed by atoms with Crippen LogP contribution in [0.25, 0.3) is 0 Å². The van der Waals surface area contributed by atoms with Crippen LogP contribution in [0.3, 0.4) is 0 Å². The maximum atomic E-state index is 13.4. The minimum Gasteiger partial charge on any atom is -0.357 e. The SMILES string of the molecule is CCNC(=NCC1(c2ccc(F)cc2)CCCC1)NC1CCN(C(=O)C(C)C)C1.I. The predicted molar refractivity (Wildman–Crippen MR) is 131 cm³/mol. The zero-order valence-corrected chi connectivity index (χ0v) is 20.7. The first-order chi connectivity index (χ1) is 13.9. The molecule has 30 heavy (non-hydrogen) atoms. The van der Waals surface area contributed by atoms with Crippen molar-refractivity contribution < 1.29 is 9.18 Å². The molecule has 7 heteroatoms. The summed E-state index contributed by atoms with van der Waals surface area (Å²) in [6.07, 6.45) is 5.48. The van der Waals surface area contributed by atoms with E-state index in [-0.39, 0.29) is 53.1 Å². The Morgan fingerprint density at radius 1 is 1.27 bits per heavy atom. The lowest BCUT2D eigenvalue weighted by atomic mass is 9.79. The van der Waals surface area contributed by atoms with Gasteiger partial charge in [0.05, 0.1) is 6.54 Å². The Bertz CT molecular complexity index is 716. The molecule has 0 spiro atoms. The molecule has 1 saturated heterocycles. The van der Waals surface area contributed by atoms with Crippen molar-refractivity contribution in [2.75, 3.05) is 26.2 Å². The van der Waals surface area contributed by atoms with Gasteiger partial charge >= 0.3 is 0 Å². The maximum absolute atomic E-state index is 13.4. The molecule has 1 heterocycles. The number of likely N-dealkylation sites (tertiary alicyclic amines) is 1. The topological polar surface area (TPSA) is 56.7 Å². The lowest BCUT2D eigenvalue weighted by Gasteiger charge is -2.28. The van der Waals surface area contributed by atoms with Crippen molar-refractivity contribution in [3.8, 4) is 0 Å². The predicted octanol–water partition coefficient (Wildman–Crippen LogP) is 4.07. The Hall–Kier alpha value is -1.38. The molecule has 1 aliphatic heterocycles. The van der Waals surface area contributed by atoms with Gasteiger partial charge in [-0.1, -0.05) is 38.8 Å². The molecule has 168 valence electrons. The van der Waals surface area contributed by atoms with Crippen molar-refractivity contribution in [3.05, 3.63) is 35.6 Å². The molecule has 0 radical (unpaired) electrons. The van der Waals surface area contributed by atoms with E-state index in [0.29, 0.717) is 6.54 Å². The number of nitrogens with one attached hydrogen (secondary N) is 2. The zero-order chi connectivity index (χ0) is 20.9. The quantitative estimate of drug-likeness (QED) is 0.332. The van der Waals surface area contributed by atoms with E-state index < -0.39 is 0 Å². The van der Waals surface area contributed by atoms with Gasteiger partial charge in [-0.25, -0.2) is 4.39 Å². The Morgan fingerprint density at radius 3 is 2.53 bits per heavy atom. The molecule has 2 N–H and O–H groups in total. The Balaban J connectivity index is 0.00000320. The van der Waals surface area contributed by atoms with Crippen LogP contribution in [0.1, 0.15) is 58.4 Å². The van der Waals surface area contributed by atoms with Crippen LogP contribution in [-0.2, 0) is 10.2 Å². The molecule has 1 amide bonds. The lowest BCUT2D eigenvalue weighted by molar-refractivity contribution is -0.133. The molecule has 3 rings (SSSR count). The van der Waals surface area contributed by atoms with Crippen molar-refractivity contribution in [1.82, 2.24) is 15.5 Å². The Kier molecular flexibility index (Phi) is 9.37. The second-order valence-corrected chi connectivity index (χ2v) is 8.76. The fourth-order valence-electron chi connectivity index (χ4n) is 4.58. The molecule has 2 fully saturated rings. The second-order valence-electron chi connectivity index (χ2n) is 8.76. The number of benzene rings is 1. The molecule has 1 aliphatic carbocycles. The number of aliphatic imine (C=N–C) groups is 1. The summed E-state index contributed by atoms with van der Waals surface area (Å²) in [5.41, 5.74) is 1.18. The number of halogens is 2. The van der Waals surface area contributed by atoms with E-state index in [2.05, 4.69) is 17.6 Å². The van der Waals surface area contributed by atoms with Crippen LogP contribution >= 0.6 is 24.0 Å². The summed E-state index contributed by atoms with van der Waals surface area (Å²) in [6.45, 7) is 8.96. The van der Waals surface area contributed by atoms with Crippen LogP contribution in [0.4, 0.5) is 4.39 Å². The number of hydrogen-bond acceptors (Lipinski definition) is 2. The van der Waals surface area contributed by atoms with Gasteiger partial charge in [0.1, 0.15) is 5.82 Å². The Labute approximate surface area is 197 Å². The summed E-state index contributed by atoms with van der Waals surface area (Å²) in [5, 5.41) is 6.88.